The number of hydrogen-bond donors (Lipinski definition) is 2. The number of halogens is 1. The highest BCUT2D eigenvalue weighted by Crippen LogP contribution is 2.32. The number of thioether (sulfide) groups is 1. The average molecular weight is 534 g/mol. The third-order valence-corrected chi connectivity index (χ3v) is 6.83. The first kappa shape index (κ1) is 25.3. The number of rotatable bonds is 9. The fourth-order valence-electron chi connectivity index (χ4n) is 4.13. The fraction of sp³-hybridized carbons (Fsp3) is 0.185. The molecule has 0 saturated carbocycles. The Morgan fingerprint density at radius 2 is 1.89 bits per heavy atom. The first-order valence-electron chi connectivity index (χ1n) is 11.9. The Bertz CT molecular complexity index is 1470. The molecule has 1 aliphatic heterocycles. The SMILES string of the molecule is CCOC(=O)C1=C(CSc2nnc(-c3ccccc3F)n2Cc2ccccc2)NC(=O)NC1c1ccco1. The molecule has 0 spiro atoms. The van der Waals surface area contributed by atoms with E-state index in [1.807, 2.05) is 34.9 Å². The number of esters is 1. The van der Waals surface area contributed by atoms with Gasteiger partial charge in [0.1, 0.15) is 17.6 Å². The monoisotopic (exact) mass is 533 g/mol. The Hall–Kier alpha value is -4.38. The van der Waals surface area contributed by atoms with E-state index in [9.17, 15) is 14.0 Å². The largest absolute Gasteiger partial charge is 0.467 e. The van der Waals surface area contributed by atoms with Crippen molar-refractivity contribution in [2.75, 3.05) is 12.4 Å². The van der Waals surface area contributed by atoms with Gasteiger partial charge in [-0.1, -0.05) is 54.2 Å². The molecule has 0 fully saturated rings. The van der Waals surface area contributed by atoms with Crippen molar-refractivity contribution in [2.24, 2.45) is 0 Å². The Morgan fingerprint density at radius 1 is 1.11 bits per heavy atom. The van der Waals surface area contributed by atoms with E-state index in [0.29, 0.717) is 34.5 Å². The molecule has 38 heavy (non-hydrogen) atoms. The third-order valence-electron chi connectivity index (χ3n) is 5.84. The van der Waals surface area contributed by atoms with Crippen LogP contribution in [-0.4, -0.2) is 39.1 Å². The predicted octanol–water partition coefficient (Wildman–Crippen LogP) is 4.69. The molecule has 0 bridgehead atoms. The van der Waals surface area contributed by atoms with Crippen molar-refractivity contribution < 1.29 is 23.1 Å². The minimum absolute atomic E-state index is 0.166. The van der Waals surface area contributed by atoms with Gasteiger partial charge in [0.25, 0.3) is 0 Å². The van der Waals surface area contributed by atoms with Gasteiger partial charge in [-0.3, -0.25) is 4.57 Å². The molecule has 0 radical (unpaired) electrons. The van der Waals surface area contributed by atoms with Gasteiger partial charge < -0.3 is 19.8 Å². The van der Waals surface area contributed by atoms with Gasteiger partial charge in [-0.2, -0.15) is 0 Å². The number of benzene rings is 2. The first-order chi connectivity index (χ1) is 18.5. The quantitative estimate of drug-likeness (QED) is 0.237. The maximum absolute atomic E-state index is 14.7. The predicted molar refractivity (Wildman–Crippen MR) is 138 cm³/mol. The lowest BCUT2D eigenvalue weighted by Crippen LogP contribution is -2.46. The van der Waals surface area contributed by atoms with Gasteiger partial charge in [0.05, 0.1) is 30.6 Å². The zero-order chi connectivity index (χ0) is 26.5. The zero-order valence-electron chi connectivity index (χ0n) is 20.4. The molecule has 11 heteroatoms. The molecule has 2 aromatic carbocycles. The highest BCUT2D eigenvalue weighted by molar-refractivity contribution is 7.99. The van der Waals surface area contributed by atoms with Crippen LogP contribution in [0.3, 0.4) is 0 Å². The number of carbonyl (C=O) groups excluding carboxylic acids is 2. The van der Waals surface area contributed by atoms with E-state index in [4.69, 9.17) is 9.15 Å². The summed E-state index contributed by atoms with van der Waals surface area (Å²) in [6.07, 6.45) is 1.47. The van der Waals surface area contributed by atoms with E-state index < -0.39 is 23.9 Å². The molecule has 194 valence electrons. The number of ether oxygens (including phenoxy) is 1. The molecule has 0 saturated heterocycles. The topological polar surface area (TPSA) is 111 Å². The summed E-state index contributed by atoms with van der Waals surface area (Å²) in [5.41, 5.74) is 1.89. The Kier molecular flexibility index (Phi) is 7.55. The molecule has 0 aliphatic carbocycles. The zero-order valence-corrected chi connectivity index (χ0v) is 21.2. The Labute approximate surface area is 222 Å². The molecule has 4 aromatic rings. The van der Waals surface area contributed by atoms with E-state index in [-0.39, 0.29) is 17.9 Å². The van der Waals surface area contributed by atoms with Gasteiger partial charge in [0.2, 0.25) is 0 Å². The highest BCUT2D eigenvalue weighted by Gasteiger charge is 2.35. The van der Waals surface area contributed by atoms with Crippen molar-refractivity contribution in [3.8, 4) is 11.4 Å². The van der Waals surface area contributed by atoms with Crippen LogP contribution in [0.15, 0.2) is 93.8 Å². The molecule has 2 N–H and O–H groups in total. The van der Waals surface area contributed by atoms with Crippen LogP contribution in [-0.2, 0) is 16.1 Å². The number of aromatic nitrogens is 3. The molecular formula is C27H24FN5O4S. The Morgan fingerprint density at radius 3 is 2.63 bits per heavy atom. The standard InChI is InChI=1S/C27H24FN5O4S/c1-2-36-25(34)22-20(29-26(35)30-23(22)21-13-8-14-37-21)16-38-27-32-31-24(18-11-6-7-12-19(18)28)33(27)15-17-9-4-3-5-10-17/h3-14,23H,2,15-16H2,1H3,(H2,29,30,35). The van der Waals surface area contributed by atoms with Gasteiger partial charge in [0.15, 0.2) is 11.0 Å². The lowest BCUT2D eigenvalue weighted by molar-refractivity contribution is -0.139. The summed E-state index contributed by atoms with van der Waals surface area (Å²) < 4.78 is 27.3. The minimum Gasteiger partial charge on any atom is -0.467 e. The number of furan rings is 1. The summed E-state index contributed by atoms with van der Waals surface area (Å²) in [7, 11) is 0. The fourth-order valence-corrected chi connectivity index (χ4v) is 5.04. The van der Waals surface area contributed by atoms with Gasteiger partial charge in [-0.25, -0.2) is 14.0 Å². The molecule has 5 rings (SSSR count). The minimum atomic E-state index is -0.815. The third kappa shape index (κ3) is 5.32. The van der Waals surface area contributed by atoms with Crippen LogP contribution >= 0.6 is 11.8 Å². The second kappa shape index (κ2) is 11.3. The summed E-state index contributed by atoms with van der Waals surface area (Å²) in [5, 5.41) is 14.6. The molecule has 1 unspecified atom stereocenters. The second-order valence-corrected chi connectivity index (χ2v) is 9.25. The first-order valence-corrected chi connectivity index (χ1v) is 12.9. The van der Waals surface area contributed by atoms with Gasteiger partial charge >= 0.3 is 12.0 Å². The highest BCUT2D eigenvalue weighted by atomic mass is 32.2. The summed E-state index contributed by atoms with van der Waals surface area (Å²) in [4.78, 5) is 25.5. The van der Waals surface area contributed by atoms with Gasteiger partial charge in [-0.05, 0) is 36.8 Å². The van der Waals surface area contributed by atoms with Crippen molar-refractivity contribution in [1.29, 1.82) is 0 Å². The molecule has 1 atom stereocenters. The number of urea groups is 1. The normalized spacial score (nSPS) is 15.2. The molecule has 2 aromatic heterocycles. The van der Waals surface area contributed by atoms with E-state index in [1.54, 1.807) is 37.3 Å². The molecular weight excluding hydrogens is 509 g/mol. The van der Waals surface area contributed by atoms with Crippen LogP contribution in [0.2, 0.25) is 0 Å². The smallest absolute Gasteiger partial charge is 0.338 e. The van der Waals surface area contributed by atoms with Crippen molar-refractivity contribution >= 4 is 23.8 Å². The number of hydrogen-bond acceptors (Lipinski definition) is 7. The maximum atomic E-state index is 14.7. The number of nitrogens with one attached hydrogen (secondary N) is 2. The van der Waals surface area contributed by atoms with Crippen LogP contribution in [0, 0.1) is 5.82 Å². The molecule has 9 nitrogen and oxygen atoms in total. The van der Waals surface area contributed by atoms with Crippen molar-refractivity contribution in [1.82, 2.24) is 25.4 Å². The average Bonchev–Trinajstić information content (AvgIpc) is 3.59. The van der Waals surface area contributed by atoms with E-state index in [1.165, 1.54) is 24.1 Å². The Balaban J connectivity index is 1.51. The second-order valence-electron chi connectivity index (χ2n) is 8.31. The van der Waals surface area contributed by atoms with Gasteiger partial charge in [-0.15, -0.1) is 10.2 Å². The number of carbonyl (C=O) groups is 2. The van der Waals surface area contributed by atoms with E-state index in [0.717, 1.165) is 5.56 Å². The molecule has 3 heterocycles. The van der Waals surface area contributed by atoms with E-state index in [2.05, 4.69) is 20.8 Å². The summed E-state index contributed by atoms with van der Waals surface area (Å²) >= 11 is 1.26. The van der Waals surface area contributed by atoms with Crippen LogP contribution in [0.5, 0.6) is 0 Å². The lowest BCUT2D eigenvalue weighted by atomic mass is 10.0. The van der Waals surface area contributed by atoms with Crippen LogP contribution in [0.25, 0.3) is 11.4 Å². The number of nitrogens with zero attached hydrogens (tertiary/aromatic N) is 3. The van der Waals surface area contributed by atoms with Crippen LogP contribution < -0.4 is 10.6 Å². The van der Waals surface area contributed by atoms with E-state index >= 15 is 0 Å². The molecule has 2 amide bonds. The maximum Gasteiger partial charge on any atom is 0.338 e. The van der Waals surface area contributed by atoms with Crippen LogP contribution in [0.1, 0.15) is 24.3 Å². The lowest BCUT2D eigenvalue weighted by Gasteiger charge is -2.27. The van der Waals surface area contributed by atoms with Gasteiger partial charge in [0, 0.05) is 11.4 Å². The summed E-state index contributed by atoms with van der Waals surface area (Å²) in [6.45, 7) is 2.27. The number of amides is 2. The van der Waals surface area contributed by atoms with Crippen molar-refractivity contribution in [3.63, 3.8) is 0 Å². The molecule has 1 aliphatic rings. The summed E-state index contributed by atoms with van der Waals surface area (Å²) in [6, 6.07) is 18.1. The summed E-state index contributed by atoms with van der Waals surface area (Å²) in [5.74, 6) is -0.0423. The van der Waals surface area contributed by atoms with Crippen molar-refractivity contribution in [2.45, 2.75) is 24.7 Å². The van der Waals surface area contributed by atoms with Crippen molar-refractivity contribution in [3.05, 3.63) is 101 Å². The van der Waals surface area contributed by atoms with Crippen LogP contribution in [0.4, 0.5) is 9.18 Å².